The van der Waals surface area contributed by atoms with Crippen molar-refractivity contribution in [3.05, 3.63) is 0 Å². The molecule has 0 aliphatic heterocycles. The molecule has 0 rings (SSSR count). The van der Waals surface area contributed by atoms with Crippen molar-refractivity contribution in [2.24, 2.45) is 0 Å². The van der Waals surface area contributed by atoms with E-state index in [4.69, 9.17) is 0 Å². The maximum atomic E-state index is 0. The van der Waals surface area contributed by atoms with Gasteiger partial charge in [-0.25, -0.2) is 0 Å². The summed E-state index contributed by atoms with van der Waals surface area (Å²) >= 11 is 0. The van der Waals surface area contributed by atoms with Gasteiger partial charge in [0, 0.05) is 20.4 Å². The average molecular weight is 227 g/mol. The minimum Gasteiger partial charge on any atom is -1.00 e. The molecule has 0 fully saturated rings. The van der Waals surface area contributed by atoms with Gasteiger partial charge in [-0.3, -0.25) is 0 Å². The molecule has 16 valence electrons. The summed E-state index contributed by atoms with van der Waals surface area (Å²) in [5.74, 6) is 0. The van der Waals surface area contributed by atoms with E-state index in [0.29, 0.717) is 0 Å². The predicted octanol–water partition coefficient (Wildman–Crippen LogP) is -8.65. The number of hydrogen-bond donors (Lipinski definition) is 0. The summed E-state index contributed by atoms with van der Waals surface area (Å²) in [6.07, 6.45) is 0. The normalized spacial score (nSPS) is 0. The van der Waals surface area contributed by atoms with Gasteiger partial charge in [-0.15, -0.1) is 0 Å². The van der Waals surface area contributed by atoms with Crippen molar-refractivity contribution < 1.29 is 179 Å². The third kappa shape index (κ3) is 10.5. The van der Waals surface area contributed by atoms with Crippen LogP contribution in [0.3, 0.4) is 0 Å². The van der Waals surface area contributed by atoms with Crippen LogP contribution >= 0.6 is 0 Å². The molecular weight excluding hydrogens is 224 g/mol. The standard InChI is InChI=1S/3K.Pd.3H/q3*+1;;3*-1. The zero-order valence-electron chi connectivity index (χ0n) is 6.32. The predicted molar refractivity (Wildman–Crippen MR) is 3.34 cm³/mol. The third-order valence-corrected chi connectivity index (χ3v) is 0. The minimum absolute atomic E-state index is 0. The molecule has 0 radical (unpaired) electrons. The van der Waals surface area contributed by atoms with Crippen LogP contribution in [-0.4, -0.2) is 0 Å². The molecule has 0 spiro atoms. The SMILES string of the molecule is [H-].[H-].[H-].[K+].[K+].[K+].[Pd]. The fourth-order valence-electron chi connectivity index (χ4n) is 0. The molecule has 0 unspecified atom stereocenters. The quantitative estimate of drug-likeness (QED) is 0.360. The summed E-state index contributed by atoms with van der Waals surface area (Å²) in [6.45, 7) is 0. The Bertz CT molecular complexity index is 10.1. The van der Waals surface area contributed by atoms with Crippen LogP contribution in [0.2, 0.25) is 0 Å². The van der Waals surface area contributed by atoms with Crippen molar-refractivity contribution in [2.75, 3.05) is 0 Å². The van der Waals surface area contributed by atoms with Crippen LogP contribution in [0.25, 0.3) is 0 Å². The Morgan fingerprint density at radius 2 is 0.750 bits per heavy atom. The van der Waals surface area contributed by atoms with E-state index in [1.54, 1.807) is 0 Å². The van der Waals surface area contributed by atoms with E-state index in [2.05, 4.69) is 0 Å². The summed E-state index contributed by atoms with van der Waals surface area (Å²) < 4.78 is 0. The van der Waals surface area contributed by atoms with Crippen molar-refractivity contribution in [3.63, 3.8) is 0 Å². The van der Waals surface area contributed by atoms with Crippen molar-refractivity contribution in [2.45, 2.75) is 0 Å². The van der Waals surface area contributed by atoms with Crippen molar-refractivity contribution in [1.82, 2.24) is 0 Å². The Hall–Kier alpha value is 5.57. The van der Waals surface area contributed by atoms with E-state index in [1.165, 1.54) is 0 Å². The van der Waals surface area contributed by atoms with Crippen LogP contribution in [0.4, 0.5) is 0 Å². The monoisotopic (exact) mass is 226 g/mol. The number of hydrogen-bond acceptors (Lipinski definition) is 0. The molecule has 0 atom stereocenters. The molecule has 0 bridgehead atoms. The molecular formula is H3K3Pd. The van der Waals surface area contributed by atoms with E-state index in [0.717, 1.165) is 0 Å². The zero-order valence-corrected chi connectivity index (χ0v) is 14.2. The van der Waals surface area contributed by atoms with E-state index in [-0.39, 0.29) is 179 Å². The summed E-state index contributed by atoms with van der Waals surface area (Å²) in [5.41, 5.74) is 0. The summed E-state index contributed by atoms with van der Waals surface area (Å²) in [6, 6.07) is 0. The Balaban J connectivity index is 0. The van der Waals surface area contributed by atoms with Gasteiger partial charge in [-0.05, 0) is 0 Å². The molecule has 0 heterocycles. The molecule has 0 aliphatic carbocycles. The van der Waals surface area contributed by atoms with Crippen LogP contribution < -0.4 is 154 Å². The van der Waals surface area contributed by atoms with Gasteiger partial charge in [0.15, 0.2) is 0 Å². The maximum Gasteiger partial charge on any atom is 1.00 e. The maximum absolute atomic E-state index is 0. The van der Waals surface area contributed by atoms with E-state index >= 15 is 0 Å². The molecule has 0 N–H and O–H groups in total. The summed E-state index contributed by atoms with van der Waals surface area (Å²) in [4.78, 5) is 0. The van der Waals surface area contributed by atoms with Gasteiger partial charge in [0.2, 0.25) is 0 Å². The Morgan fingerprint density at radius 1 is 0.750 bits per heavy atom. The smallest absolute Gasteiger partial charge is 1.00 e. The van der Waals surface area contributed by atoms with Crippen LogP contribution in [-0.2, 0) is 20.4 Å². The third-order valence-electron chi connectivity index (χ3n) is 0. The largest absolute Gasteiger partial charge is 1.00 e. The molecule has 0 nitrogen and oxygen atoms in total. The van der Waals surface area contributed by atoms with Gasteiger partial charge >= 0.3 is 154 Å². The minimum atomic E-state index is 0. The topological polar surface area (TPSA) is 0 Å². The first-order valence-electron chi connectivity index (χ1n) is 0. The van der Waals surface area contributed by atoms with Gasteiger partial charge in [0.05, 0.1) is 0 Å². The molecule has 0 saturated heterocycles. The first-order valence-corrected chi connectivity index (χ1v) is 0. The molecule has 0 aromatic carbocycles. The van der Waals surface area contributed by atoms with Gasteiger partial charge in [-0.2, -0.15) is 0 Å². The second kappa shape index (κ2) is 15.8. The molecule has 0 saturated carbocycles. The molecule has 0 amide bonds. The van der Waals surface area contributed by atoms with E-state index in [1.807, 2.05) is 0 Å². The number of rotatable bonds is 0. The Labute approximate surface area is 172 Å². The second-order valence-electron chi connectivity index (χ2n) is 0. The molecule has 0 aliphatic rings. The van der Waals surface area contributed by atoms with Crippen molar-refractivity contribution >= 4 is 0 Å². The Morgan fingerprint density at radius 3 is 0.750 bits per heavy atom. The molecule has 0 aromatic heterocycles. The van der Waals surface area contributed by atoms with Crippen LogP contribution in [0.15, 0.2) is 0 Å². The van der Waals surface area contributed by atoms with Gasteiger partial charge < -0.3 is 4.28 Å². The van der Waals surface area contributed by atoms with Crippen LogP contribution in [0, 0.1) is 0 Å². The molecule has 4 heavy (non-hydrogen) atoms. The van der Waals surface area contributed by atoms with Gasteiger partial charge in [0.1, 0.15) is 0 Å². The first-order chi connectivity index (χ1) is 0. The summed E-state index contributed by atoms with van der Waals surface area (Å²) in [7, 11) is 0. The van der Waals surface area contributed by atoms with E-state index < -0.39 is 0 Å². The fourth-order valence-corrected chi connectivity index (χ4v) is 0. The van der Waals surface area contributed by atoms with Crippen LogP contribution in [0.1, 0.15) is 4.28 Å². The van der Waals surface area contributed by atoms with E-state index in [9.17, 15) is 0 Å². The molecule has 0 aromatic rings. The molecule has 4 heteroatoms. The fraction of sp³-hybridized carbons (Fsp3) is 0. The second-order valence-corrected chi connectivity index (χ2v) is 0. The van der Waals surface area contributed by atoms with Crippen LogP contribution in [0.5, 0.6) is 0 Å². The zero-order chi connectivity index (χ0) is 0. The average Bonchev–Trinajstić information content (AvgIpc) is 0. The first kappa shape index (κ1) is 22.7. The van der Waals surface area contributed by atoms with Crippen molar-refractivity contribution in [3.8, 4) is 0 Å². The summed E-state index contributed by atoms with van der Waals surface area (Å²) in [5, 5.41) is 0. The van der Waals surface area contributed by atoms with Crippen molar-refractivity contribution in [1.29, 1.82) is 0 Å². The van der Waals surface area contributed by atoms with Gasteiger partial charge in [-0.1, -0.05) is 0 Å². The Kier molecular flexibility index (Phi) is 89.7. The van der Waals surface area contributed by atoms with Gasteiger partial charge in [0.25, 0.3) is 0 Å².